The summed E-state index contributed by atoms with van der Waals surface area (Å²) in [6, 6.07) is 11.4. The molecule has 0 bridgehead atoms. The zero-order chi connectivity index (χ0) is 14.1. The first-order chi connectivity index (χ1) is 9.63. The fourth-order valence-electron chi connectivity index (χ4n) is 2.15. The molecule has 0 amide bonds. The van der Waals surface area contributed by atoms with E-state index >= 15 is 0 Å². The highest BCUT2D eigenvalue weighted by Gasteiger charge is 2.11. The van der Waals surface area contributed by atoms with Crippen molar-refractivity contribution in [3.63, 3.8) is 0 Å². The van der Waals surface area contributed by atoms with Crippen LogP contribution in [0.3, 0.4) is 0 Å². The Hall–Kier alpha value is -2.20. The van der Waals surface area contributed by atoms with Crippen molar-refractivity contribution < 1.29 is 4.42 Å². The van der Waals surface area contributed by atoms with Gasteiger partial charge in [0.2, 0.25) is 0 Å². The number of halogens is 1. The van der Waals surface area contributed by atoms with Crippen LogP contribution in [0.5, 0.6) is 0 Å². The standard InChI is InChI=1S/C15H14ClN3O/c1-10-13(5-6-20-10)14-8-15(17)19(18-14)9-11-3-2-4-12(16)7-11/h2-8H,9,17H2,1H3. The molecular formula is C15H14ClN3O. The summed E-state index contributed by atoms with van der Waals surface area (Å²) in [5.74, 6) is 1.44. The summed E-state index contributed by atoms with van der Waals surface area (Å²) in [6.45, 7) is 2.49. The van der Waals surface area contributed by atoms with Crippen molar-refractivity contribution in [3.8, 4) is 11.3 Å². The molecule has 4 nitrogen and oxygen atoms in total. The Morgan fingerprint density at radius 3 is 2.85 bits per heavy atom. The molecule has 20 heavy (non-hydrogen) atoms. The van der Waals surface area contributed by atoms with Crippen LogP contribution in [0, 0.1) is 6.92 Å². The molecule has 2 aromatic heterocycles. The Labute approximate surface area is 121 Å². The van der Waals surface area contributed by atoms with E-state index in [0.29, 0.717) is 17.4 Å². The largest absolute Gasteiger partial charge is 0.469 e. The van der Waals surface area contributed by atoms with Crippen molar-refractivity contribution in [3.05, 3.63) is 59.0 Å². The minimum atomic E-state index is 0.587. The third-order valence-corrected chi connectivity index (χ3v) is 3.40. The Bertz CT molecular complexity index is 745. The van der Waals surface area contributed by atoms with Crippen molar-refractivity contribution in [2.24, 2.45) is 0 Å². The van der Waals surface area contributed by atoms with E-state index in [1.807, 2.05) is 43.3 Å². The van der Waals surface area contributed by atoms with E-state index in [1.165, 1.54) is 0 Å². The minimum Gasteiger partial charge on any atom is -0.469 e. The maximum absolute atomic E-state index is 6.02. The van der Waals surface area contributed by atoms with Gasteiger partial charge in [0.15, 0.2) is 0 Å². The molecule has 0 aliphatic heterocycles. The molecule has 5 heteroatoms. The normalized spacial score (nSPS) is 10.9. The molecule has 0 saturated carbocycles. The zero-order valence-electron chi connectivity index (χ0n) is 11.0. The molecule has 0 unspecified atom stereocenters. The second-order valence-corrected chi connectivity index (χ2v) is 5.07. The van der Waals surface area contributed by atoms with Crippen LogP contribution >= 0.6 is 11.6 Å². The SMILES string of the molecule is Cc1occc1-c1cc(N)n(Cc2cccc(Cl)c2)n1. The average molecular weight is 288 g/mol. The molecule has 102 valence electrons. The van der Waals surface area contributed by atoms with Gasteiger partial charge in [-0.1, -0.05) is 23.7 Å². The Morgan fingerprint density at radius 2 is 2.15 bits per heavy atom. The monoisotopic (exact) mass is 287 g/mol. The van der Waals surface area contributed by atoms with Crippen LogP contribution < -0.4 is 5.73 Å². The van der Waals surface area contributed by atoms with Gasteiger partial charge in [-0.3, -0.25) is 0 Å². The number of aryl methyl sites for hydroxylation is 1. The number of nitrogens with two attached hydrogens (primary N) is 1. The minimum absolute atomic E-state index is 0.587. The van der Waals surface area contributed by atoms with E-state index in [4.69, 9.17) is 21.8 Å². The summed E-state index contributed by atoms with van der Waals surface area (Å²) < 4.78 is 7.05. The first-order valence-electron chi connectivity index (χ1n) is 6.26. The lowest BCUT2D eigenvalue weighted by Gasteiger charge is -2.04. The molecule has 3 aromatic rings. The van der Waals surface area contributed by atoms with Crippen LogP contribution in [0.1, 0.15) is 11.3 Å². The van der Waals surface area contributed by atoms with Crippen molar-refractivity contribution in [2.45, 2.75) is 13.5 Å². The molecule has 0 saturated heterocycles. The first kappa shape index (κ1) is 12.8. The Morgan fingerprint density at radius 1 is 1.30 bits per heavy atom. The van der Waals surface area contributed by atoms with Crippen LogP contribution in [0.15, 0.2) is 47.1 Å². The van der Waals surface area contributed by atoms with Crippen molar-refractivity contribution >= 4 is 17.4 Å². The fourth-order valence-corrected chi connectivity index (χ4v) is 2.36. The fraction of sp³-hybridized carbons (Fsp3) is 0.133. The number of hydrogen-bond donors (Lipinski definition) is 1. The van der Waals surface area contributed by atoms with Gasteiger partial charge in [-0.2, -0.15) is 5.10 Å². The maximum Gasteiger partial charge on any atom is 0.122 e. The molecule has 0 spiro atoms. The van der Waals surface area contributed by atoms with E-state index in [2.05, 4.69) is 5.10 Å². The second kappa shape index (κ2) is 5.06. The molecule has 0 atom stereocenters. The number of benzene rings is 1. The van der Waals surface area contributed by atoms with Gasteiger partial charge < -0.3 is 10.2 Å². The number of nitrogen functional groups attached to an aromatic ring is 1. The third-order valence-electron chi connectivity index (χ3n) is 3.17. The smallest absolute Gasteiger partial charge is 0.122 e. The van der Waals surface area contributed by atoms with Gasteiger partial charge in [0.05, 0.1) is 18.5 Å². The van der Waals surface area contributed by atoms with E-state index < -0.39 is 0 Å². The number of nitrogens with zero attached hydrogens (tertiary/aromatic N) is 2. The molecule has 2 heterocycles. The first-order valence-corrected chi connectivity index (χ1v) is 6.63. The van der Waals surface area contributed by atoms with Crippen molar-refractivity contribution in [1.82, 2.24) is 9.78 Å². The second-order valence-electron chi connectivity index (χ2n) is 4.63. The van der Waals surface area contributed by atoms with Crippen LogP contribution in [-0.2, 0) is 6.54 Å². The number of hydrogen-bond acceptors (Lipinski definition) is 3. The van der Waals surface area contributed by atoms with E-state index in [9.17, 15) is 0 Å². The summed E-state index contributed by atoms with van der Waals surface area (Å²) in [5.41, 5.74) is 8.85. The van der Waals surface area contributed by atoms with E-state index in [0.717, 1.165) is 22.6 Å². The number of anilines is 1. The molecule has 2 N–H and O–H groups in total. The summed E-state index contributed by atoms with van der Waals surface area (Å²) in [7, 11) is 0. The Balaban J connectivity index is 1.92. The maximum atomic E-state index is 6.02. The molecule has 0 radical (unpaired) electrons. The topological polar surface area (TPSA) is 57.0 Å². The Kier molecular flexibility index (Phi) is 3.24. The van der Waals surface area contributed by atoms with Gasteiger partial charge >= 0.3 is 0 Å². The highest BCUT2D eigenvalue weighted by molar-refractivity contribution is 6.30. The molecule has 0 aliphatic rings. The van der Waals surface area contributed by atoms with Crippen LogP contribution in [0.2, 0.25) is 5.02 Å². The van der Waals surface area contributed by atoms with Gasteiger partial charge in [0.25, 0.3) is 0 Å². The highest BCUT2D eigenvalue weighted by atomic mass is 35.5. The summed E-state index contributed by atoms with van der Waals surface area (Å²) in [4.78, 5) is 0. The molecule has 0 aliphatic carbocycles. The van der Waals surface area contributed by atoms with Crippen LogP contribution in [0.4, 0.5) is 5.82 Å². The lowest BCUT2D eigenvalue weighted by atomic mass is 10.2. The van der Waals surface area contributed by atoms with Gasteiger partial charge in [-0.15, -0.1) is 0 Å². The van der Waals surface area contributed by atoms with Crippen molar-refractivity contribution in [2.75, 3.05) is 5.73 Å². The summed E-state index contributed by atoms with van der Waals surface area (Å²) in [6.07, 6.45) is 1.65. The number of aromatic nitrogens is 2. The summed E-state index contributed by atoms with van der Waals surface area (Å²) >= 11 is 5.98. The number of rotatable bonds is 3. The van der Waals surface area contributed by atoms with E-state index in [-0.39, 0.29) is 0 Å². The van der Waals surface area contributed by atoms with Gasteiger partial charge in [-0.05, 0) is 30.7 Å². The number of furan rings is 1. The van der Waals surface area contributed by atoms with Gasteiger partial charge in [0.1, 0.15) is 11.6 Å². The van der Waals surface area contributed by atoms with E-state index in [1.54, 1.807) is 10.9 Å². The van der Waals surface area contributed by atoms with Crippen molar-refractivity contribution in [1.29, 1.82) is 0 Å². The molecule has 3 rings (SSSR count). The predicted octanol–water partition coefficient (Wildman–Crippen LogP) is 3.74. The highest BCUT2D eigenvalue weighted by Crippen LogP contribution is 2.25. The molecule has 1 aromatic carbocycles. The van der Waals surface area contributed by atoms with Gasteiger partial charge in [0, 0.05) is 16.7 Å². The summed E-state index contributed by atoms with van der Waals surface area (Å²) in [5, 5.41) is 5.23. The lowest BCUT2D eigenvalue weighted by Crippen LogP contribution is -2.05. The predicted molar refractivity (Wildman–Crippen MR) is 79.6 cm³/mol. The average Bonchev–Trinajstić information content (AvgIpc) is 2.97. The molecular weight excluding hydrogens is 274 g/mol. The molecule has 0 fully saturated rings. The van der Waals surface area contributed by atoms with Gasteiger partial charge in [-0.25, -0.2) is 4.68 Å². The third kappa shape index (κ3) is 2.42. The van der Waals surface area contributed by atoms with Crippen LogP contribution in [0.25, 0.3) is 11.3 Å². The zero-order valence-corrected chi connectivity index (χ0v) is 11.8. The lowest BCUT2D eigenvalue weighted by molar-refractivity contribution is 0.535. The van der Waals surface area contributed by atoms with Crippen LogP contribution in [-0.4, -0.2) is 9.78 Å². The quantitative estimate of drug-likeness (QED) is 0.798.